The van der Waals surface area contributed by atoms with E-state index in [1.54, 1.807) is 30.6 Å². The van der Waals surface area contributed by atoms with Crippen molar-refractivity contribution in [1.29, 1.82) is 5.41 Å². The third kappa shape index (κ3) is 3.54. The van der Waals surface area contributed by atoms with E-state index >= 15 is 0 Å². The minimum atomic E-state index is -1.00. The first kappa shape index (κ1) is 18.9. The molecule has 0 saturated carbocycles. The summed E-state index contributed by atoms with van der Waals surface area (Å²) in [6.07, 6.45) is 3.80. The van der Waals surface area contributed by atoms with Gasteiger partial charge in [-0.05, 0) is 24.5 Å². The molecule has 1 amide bonds. The SMILES string of the molecule is COc1cc(N)c(C=N)cc1Nc1ncnc2sc3c(c12)CCC(NC(=O)O)C3. The number of amides is 1. The lowest BCUT2D eigenvalue weighted by Gasteiger charge is -2.22. The average molecular weight is 412 g/mol. The smallest absolute Gasteiger partial charge is 0.404 e. The molecule has 0 radical (unpaired) electrons. The van der Waals surface area contributed by atoms with Gasteiger partial charge in [0.15, 0.2) is 0 Å². The van der Waals surface area contributed by atoms with Crippen LogP contribution < -0.4 is 21.1 Å². The van der Waals surface area contributed by atoms with E-state index in [2.05, 4.69) is 20.6 Å². The second-order valence-corrected chi connectivity index (χ2v) is 7.83. The standard InChI is InChI=1S/C19H20N6O3S/c1-28-14-6-12(21)9(7-20)4-13(14)25-17-16-11-3-2-10(24-19(26)27)5-15(11)29-18(16)23-8-22-17/h4,6-8,10,20,24H,2-3,5,21H2,1H3,(H,26,27)(H,22,23,25). The number of hydrogen-bond donors (Lipinski definition) is 5. The summed E-state index contributed by atoms with van der Waals surface area (Å²) >= 11 is 1.56. The molecule has 1 atom stereocenters. The van der Waals surface area contributed by atoms with Gasteiger partial charge in [0.1, 0.15) is 22.7 Å². The monoisotopic (exact) mass is 412 g/mol. The third-order valence-electron chi connectivity index (χ3n) is 4.99. The maximum atomic E-state index is 11.0. The molecule has 6 N–H and O–H groups in total. The molecule has 2 heterocycles. The lowest BCUT2D eigenvalue weighted by atomic mass is 9.93. The van der Waals surface area contributed by atoms with E-state index in [0.29, 0.717) is 34.9 Å². The van der Waals surface area contributed by atoms with Crippen molar-refractivity contribution in [3.05, 3.63) is 34.5 Å². The van der Waals surface area contributed by atoms with E-state index in [1.165, 1.54) is 12.5 Å². The van der Waals surface area contributed by atoms with Gasteiger partial charge in [0, 0.05) is 40.9 Å². The Balaban J connectivity index is 1.74. The predicted octanol–water partition coefficient (Wildman–Crippen LogP) is 3.15. The molecule has 2 aromatic heterocycles. The van der Waals surface area contributed by atoms with Gasteiger partial charge < -0.3 is 31.6 Å². The lowest BCUT2D eigenvalue weighted by Crippen LogP contribution is -2.37. The van der Waals surface area contributed by atoms with Crippen molar-refractivity contribution < 1.29 is 14.6 Å². The number of hydrogen-bond acceptors (Lipinski definition) is 8. The van der Waals surface area contributed by atoms with E-state index in [1.807, 2.05) is 0 Å². The number of fused-ring (bicyclic) bond motifs is 3. The number of carbonyl (C=O) groups is 1. The van der Waals surface area contributed by atoms with Crippen molar-refractivity contribution in [2.24, 2.45) is 0 Å². The van der Waals surface area contributed by atoms with Crippen LogP contribution in [0, 0.1) is 5.41 Å². The molecule has 0 aliphatic heterocycles. The van der Waals surface area contributed by atoms with Crippen LogP contribution in [0.5, 0.6) is 5.75 Å². The van der Waals surface area contributed by atoms with E-state index in [0.717, 1.165) is 33.5 Å². The summed E-state index contributed by atoms with van der Waals surface area (Å²) < 4.78 is 5.43. The number of carboxylic acid groups (broad SMARTS) is 1. The van der Waals surface area contributed by atoms with Gasteiger partial charge in [-0.15, -0.1) is 11.3 Å². The predicted molar refractivity (Wildman–Crippen MR) is 113 cm³/mol. The maximum absolute atomic E-state index is 11.0. The summed E-state index contributed by atoms with van der Waals surface area (Å²) in [4.78, 5) is 21.8. The number of nitrogens with one attached hydrogen (secondary N) is 3. The number of benzene rings is 1. The highest BCUT2D eigenvalue weighted by Crippen LogP contribution is 2.40. The molecule has 10 heteroatoms. The number of thiophene rings is 1. The Kier molecular flexibility index (Phi) is 4.93. The minimum Gasteiger partial charge on any atom is -0.494 e. The molecule has 1 aromatic carbocycles. The molecule has 0 spiro atoms. The van der Waals surface area contributed by atoms with Crippen molar-refractivity contribution >= 4 is 51.1 Å². The quantitative estimate of drug-likeness (QED) is 0.319. The summed E-state index contributed by atoms with van der Waals surface area (Å²) in [5.41, 5.74) is 8.79. The van der Waals surface area contributed by atoms with Crippen molar-refractivity contribution in [2.75, 3.05) is 18.2 Å². The molecule has 0 bridgehead atoms. The van der Waals surface area contributed by atoms with E-state index in [4.69, 9.17) is 21.0 Å². The fourth-order valence-electron chi connectivity index (χ4n) is 3.63. The van der Waals surface area contributed by atoms with E-state index in [-0.39, 0.29) is 6.04 Å². The minimum absolute atomic E-state index is 0.0928. The first-order valence-corrected chi connectivity index (χ1v) is 9.81. The Hall–Kier alpha value is -3.40. The molecule has 1 aliphatic rings. The summed E-state index contributed by atoms with van der Waals surface area (Å²) in [6, 6.07) is 3.33. The van der Waals surface area contributed by atoms with Crippen LogP contribution in [-0.4, -0.2) is 40.5 Å². The Morgan fingerprint density at radius 1 is 1.45 bits per heavy atom. The summed E-state index contributed by atoms with van der Waals surface area (Å²) in [5, 5.41) is 23.4. The van der Waals surface area contributed by atoms with Crippen LogP contribution in [0.2, 0.25) is 0 Å². The van der Waals surface area contributed by atoms with Crippen LogP contribution in [0.1, 0.15) is 22.4 Å². The Morgan fingerprint density at radius 2 is 2.28 bits per heavy atom. The molecule has 150 valence electrons. The van der Waals surface area contributed by atoms with Crippen LogP contribution >= 0.6 is 11.3 Å². The number of aromatic nitrogens is 2. The first-order valence-electron chi connectivity index (χ1n) is 8.99. The molecule has 3 aromatic rings. The van der Waals surface area contributed by atoms with Gasteiger partial charge in [-0.3, -0.25) is 0 Å². The first-order chi connectivity index (χ1) is 14.0. The van der Waals surface area contributed by atoms with Gasteiger partial charge in [0.25, 0.3) is 0 Å². The molecular formula is C19H20N6O3S. The fraction of sp³-hybridized carbons (Fsp3) is 0.263. The van der Waals surface area contributed by atoms with Crippen LogP contribution in [0.15, 0.2) is 18.5 Å². The second kappa shape index (κ2) is 7.55. The number of nitrogens with two attached hydrogens (primary N) is 1. The second-order valence-electron chi connectivity index (χ2n) is 6.75. The van der Waals surface area contributed by atoms with Crippen molar-refractivity contribution in [2.45, 2.75) is 25.3 Å². The van der Waals surface area contributed by atoms with Crippen LogP contribution in [0.4, 0.5) is 22.0 Å². The summed E-state index contributed by atoms with van der Waals surface area (Å²) in [6.45, 7) is 0. The zero-order chi connectivity index (χ0) is 20.5. The number of anilines is 3. The Bertz CT molecular complexity index is 1110. The van der Waals surface area contributed by atoms with Crippen molar-refractivity contribution in [1.82, 2.24) is 15.3 Å². The highest BCUT2D eigenvalue weighted by Gasteiger charge is 2.26. The Morgan fingerprint density at radius 3 is 3.00 bits per heavy atom. The number of ether oxygens (including phenoxy) is 1. The molecule has 0 fully saturated rings. The topological polar surface area (TPSA) is 146 Å². The number of methoxy groups -OCH3 is 1. The number of nitrogen functional groups attached to an aromatic ring is 1. The Labute approximate surface area is 170 Å². The molecule has 1 unspecified atom stereocenters. The maximum Gasteiger partial charge on any atom is 0.404 e. The van der Waals surface area contributed by atoms with Gasteiger partial charge in [-0.2, -0.15) is 0 Å². The molecule has 4 rings (SSSR count). The van der Waals surface area contributed by atoms with Crippen LogP contribution in [0.25, 0.3) is 10.2 Å². The number of aryl methyl sites for hydroxylation is 1. The fourth-order valence-corrected chi connectivity index (χ4v) is 4.90. The van der Waals surface area contributed by atoms with E-state index < -0.39 is 6.09 Å². The summed E-state index contributed by atoms with van der Waals surface area (Å²) in [5.74, 6) is 1.20. The van der Waals surface area contributed by atoms with Crippen molar-refractivity contribution in [3.63, 3.8) is 0 Å². The molecule has 29 heavy (non-hydrogen) atoms. The molecule has 0 saturated heterocycles. The lowest BCUT2D eigenvalue weighted by molar-refractivity contribution is 0.188. The van der Waals surface area contributed by atoms with Gasteiger partial charge >= 0.3 is 6.09 Å². The van der Waals surface area contributed by atoms with Crippen LogP contribution in [-0.2, 0) is 12.8 Å². The highest BCUT2D eigenvalue weighted by molar-refractivity contribution is 7.19. The molecular weight excluding hydrogens is 392 g/mol. The third-order valence-corrected chi connectivity index (χ3v) is 6.15. The van der Waals surface area contributed by atoms with Crippen LogP contribution in [0.3, 0.4) is 0 Å². The molecule has 1 aliphatic carbocycles. The van der Waals surface area contributed by atoms with Gasteiger partial charge in [0.2, 0.25) is 0 Å². The zero-order valence-electron chi connectivity index (χ0n) is 15.7. The average Bonchev–Trinajstić information content (AvgIpc) is 3.07. The highest BCUT2D eigenvalue weighted by atomic mass is 32.1. The van der Waals surface area contributed by atoms with E-state index in [9.17, 15) is 4.79 Å². The number of nitrogens with zero attached hydrogens (tertiary/aromatic N) is 2. The summed E-state index contributed by atoms with van der Waals surface area (Å²) in [7, 11) is 1.56. The number of rotatable bonds is 5. The normalized spacial score (nSPS) is 15.6. The largest absolute Gasteiger partial charge is 0.494 e. The van der Waals surface area contributed by atoms with Gasteiger partial charge in [-0.1, -0.05) is 0 Å². The molecule has 9 nitrogen and oxygen atoms in total. The van der Waals surface area contributed by atoms with Gasteiger partial charge in [0.05, 0.1) is 18.2 Å². The zero-order valence-corrected chi connectivity index (χ0v) is 16.5. The van der Waals surface area contributed by atoms with Gasteiger partial charge in [-0.25, -0.2) is 14.8 Å². The van der Waals surface area contributed by atoms with Crippen molar-refractivity contribution in [3.8, 4) is 5.75 Å².